The maximum atomic E-state index is 13.0. The second kappa shape index (κ2) is 7.14. The number of hydrogen-bond donors (Lipinski definition) is 2. The molecular formula is C20H19N3O5S. The Kier molecular flexibility index (Phi) is 4.77. The number of nitrogens with zero attached hydrogens (tertiary/aromatic N) is 1. The van der Waals surface area contributed by atoms with Crippen LogP contribution in [0.3, 0.4) is 0 Å². The molecule has 0 saturated carbocycles. The smallest absolute Gasteiger partial charge is 0.262 e. The van der Waals surface area contributed by atoms with Gasteiger partial charge in [-0.05, 0) is 37.5 Å². The molecule has 0 spiro atoms. The van der Waals surface area contributed by atoms with Crippen LogP contribution in [-0.4, -0.2) is 45.7 Å². The lowest BCUT2D eigenvalue weighted by Gasteiger charge is -2.38. The Balaban J connectivity index is 1.54. The van der Waals surface area contributed by atoms with Gasteiger partial charge in [0.05, 0.1) is 16.0 Å². The van der Waals surface area contributed by atoms with E-state index in [0.717, 1.165) is 17.1 Å². The standard InChI is InChI=1S/C20H19N3O5S/c1-20(7-6-15(24)22-19(20)28)23-17(26)12-5-4-11(9-13(12)18(23)27)10-21-16(25)14-3-2-8-29-14/h3-5,9H,2,6-8,10H2,1H3,(H,21,25)(H,22,24,28)/t20-/m0/s1. The van der Waals surface area contributed by atoms with Gasteiger partial charge < -0.3 is 5.32 Å². The zero-order valence-corrected chi connectivity index (χ0v) is 16.6. The molecule has 2 N–H and O–H groups in total. The molecule has 3 aliphatic heterocycles. The Morgan fingerprint density at radius 2 is 1.97 bits per heavy atom. The monoisotopic (exact) mass is 413 g/mol. The normalized spacial score (nSPS) is 23.8. The Morgan fingerprint density at radius 1 is 1.21 bits per heavy atom. The summed E-state index contributed by atoms with van der Waals surface area (Å²) in [5, 5.41) is 5.02. The largest absolute Gasteiger partial charge is 0.348 e. The van der Waals surface area contributed by atoms with Crippen molar-refractivity contribution >= 4 is 41.3 Å². The first kappa shape index (κ1) is 19.4. The number of carbonyl (C=O) groups is 5. The van der Waals surface area contributed by atoms with Crippen molar-refractivity contribution in [2.75, 3.05) is 5.75 Å². The van der Waals surface area contributed by atoms with Crippen LogP contribution in [0.15, 0.2) is 29.2 Å². The fraction of sp³-hybridized carbons (Fsp3) is 0.350. The molecule has 5 amide bonds. The van der Waals surface area contributed by atoms with Crippen LogP contribution >= 0.6 is 11.8 Å². The predicted molar refractivity (Wildman–Crippen MR) is 105 cm³/mol. The molecule has 1 atom stereocenters. The highest BCUT2D eigenvalue weighted by Gasteiger charge is 2.52. The van der Waals surface area contributed by atoms with Crippen molar-refractivity contribution in [2.24, 2.45) is 0 Å². The third kappa shape index (κ3) is 3.25. The van der Waals surface area contributed by atoms with Crippen LogP contribution in [0.5, 0.6) is 0 Å². The summed E-state index contributed by atoms with van der Waals surface area (Å²) >= 11 is 1.50. The topological polar surface area (TPSA) is 113 Å². The second-order valence-electron chi connectivity index (χ2n) is 7.36. The fourth-order valence-electron chi connectivity index (χ4n) is 3.70. The van der Waals surface area contributed by atoms with Crippen LogP contribution in [0.4, 0.5) is 0 Å². The lowest BCUT2D eigenvalue weighted by molar-refractivity contribution is -0.141. The van der Waals surface area contributed by atoms with E-state index >= 15 is 0 Å². The summed E-state index contributed by atoms with van der Waals surface area (Å²) in [6.07, 6.45) is 2.90. The zero-order chi connectivity index (χ0) is 20.8. The van der Waals surface area contributed by atoms with Crippen molar-refractivity contribution in [2.45, 2.75) is 38.3 Å². The molecule has 1 aromatic carbocycles. The highest BCUT2D eigenvalue weighted by atomic mass is 32.2. The summed E-state index contributed by atoms with van der Waals surface area (Å²) in [5.41, 5.74) is -0.328. The molecule has 150 valence electrons. The van der Waals surface area contributed by atoms with E-state index in [9.17, 15) is 24.0 Å². The third-order valence-corrected chi connectivity index (χ3v) is 6.51. The van der Waals surface area contributed by atoms with Gasteiger partial charge >= 0.3 is 0 Å². The maximum Gasteiger partial charge on any atom is 0.262 e. The van der Waals surface area contributed by atoms with Crippen molar-refractivity contribution < 1.29 is 24.0 Å². The number of fused-ring (bicyclic) bond motifs is 1. The minimum atomic E-state index is -1.42. The molecule has 0 aliphatic carbocycles. The average Bonchev–Trinajstić information content (AvgIpc) is 3.31. The van der Waals surface area contributed by atoms with Crippen molar-refractivity contribution in [1.82, 2.24) is 15.5 Å². The van der Waals surface area contributed by atoms with E-state index in [2.05, 4.69) is 10.6 Å². The van der Waals surface area contributed by atoms with Gasteiger partial charge in [0.25, 0.3) is 23.6 Å². The number of piperidine rings is 1. The summed E-state index contributed by atoms with van der Waals surface area (Å²) in [4.78, 5) is 63.5. The van der Waals surface area contributed by atoms with Crippen LogP contribution < -0.4 is 10.6 Å². The fourth-order valence-corrected chi connectivity index (χ4v) is 4.59. The van der Waals surface area contributed by atoms with Crippen LogP contribution in [0.25, 0.3) is 0 Å². The van der Waals surface area contributed by atoms with Crippen LogP contribution in [0.2, 0.25) is 0 Å². The van der Waals surface area contributed by atoms with Crippen molar-refractivity contribution in [3.05, 3.63) is 45.9 Å². The number of hydrogen-bond acceptors (Lipinski definition) is 6. The minimum Gasteiger partial charge on any atom is -0.348 e. The van der Waals surface area contributed by atoms with E-state index in [4.69, 9.17) is 0 Å². The number of benzene rings is 1. The third-order valence-electron chi connectivity index (χ3n) is 5.41. The first-order valence-corrected chi connectivity index (χ1v) is 10.3. The lowest BCUT2D eigenvalue weighted by atomic mass is 9.89. The highest BCUT2D eigenvalue weighted by molar-refractivity contribution is 8.04. The first-order valence-electron chi connectivity index (χ1n) is 9.28. The molecule has 0 bridgehead atoms. The van der Waals surface area contributed by atoms with Gasteiger partial charge in [0.15, 0.2) is 0 Å². The number of rotatable bonds is 4. The van der Waals surface area contributed by atoms with Gasteiger partial charge in [-0.1, -0.05) is 12.1 Å². The second-order valence-corrected chi connectivity index (χ2v) is 8.50. The minimum absolute atomic E-state index is 0.0563. The van der Waals surface area contributed by atoms with E-state index in [0.29, 0.717) is 10.5 Å². The average molecular weight is 413 g/mol. The molecule has 1 fully saturated rings. The lowest BCUT2D eigenvalue weighted by Crippen LogP contribution is -2.62. The Morgan fingerprint density at radius 3 is 2.66 bits per heavy atom. The first-order chi connectivity index (χ1) is 13.8. The summed E-state index contributed by atoms with van der Waals surface area (Å²) in [6.45, 7) is 1.71. The zero-order valence-electron chi connectivity index (χ0n) is 15.7. The number of allylic oxidation sites excluding steroid dienone is 1. The van der Waals surface area contributed by atoms with E-state index in [1.807, 2.05) is 6.08 Å². The molecule has 29 heavy (non-hydrogen) atoms. The maximum absolute atomic E-state index is 13.0. The van der Waals surface area contributed by atoms with Gasteiger partial charge in [0, 0.05) is 18.7 Å². The molecule has 1 aromatic rings. The van der Waals surface area contributed by atoms with E-state index in [1.165, 1.54) is 24.8 Å². The molecule has 8 nitrogen and oxygen atoms in total. The molecule has 9 heteroatoms. The van der Waals surface area contributed by atoms with Crippen molar-refractivity contribution in [3.8, 4) is 0 Å². The number of nitrogens with one attached hydrogen (secondary N) is 2. The van der Waals surface area contributed by atoms with Crippen molar-refractivity contribution in [3.63, 3.8) is 0 Å². The van der Waals surface area contributed by atoms with Crippen LogP contribution in [-0.2, 0) is 20.9 Å². The number of thioether (sulfide) groups is 1. The van der Waals surface area contributed by atoms with E-state index in [-0.39, 0.29) is 36.4 Å². The molecule has 3 aliphatic rings. The molecule has 3 heterocycles. The van der Waals surface area contributed by atoms with Gasteiger partial charge in [0.2, 0.25) is 5.91 Å². The summed E-state index contributed by atoms with van der Waals surface area (Å²) in [7, 11) is 0. The Labute approximate surface area is 171 Å². The molecule has 1 saturated heterocycles. The predicted octanol–water partition coefficient (Wildman–Crippen LogP) is 1.11. The molecule has 0 aromatic heterocycles. The number of imide groups is 2. The van der Waals surface area contributed by atoms with Gasteiger partial charge in [-0.3, -0.25) is 34.2 Å². The quantitative estimate of drug-likeness (QED) is 0.715. The molecular weight excluding hydrogens is 394 g/mol. The van der Waals surface area contributed by atoms with Gasteiger partial charge in [-0.2, -0.15) is 0 Å². The van der Waals surface area contributed by atoms with Crippen LogP contribution in [0.1, 0.15) is 52.5 Å². The highest BCUT2D eigenvalue weighted by Crippen LogP contribution is 2.34. The SMILES string of the molecule is C[C@]1(N2C(=O)c3ccc(CNC(=O)C4=CCCS4)cc3C2=O)CCC(=O)NC1=O. The summed E-state index contributed by atoms with van der Waals surface area (Å²) < 4.78 is 0. The Bertz CT molecular complexity index is 1000. The molecule has 0 unspecified atom stereocenters. The Hall–Kier alpha value is -2.94. The molecule has 4 rings (SSSR count). The van der Waals surface area contributed by atoms with E-state index < -0.39 is 29.2 Å². The van der Waals surface area contributed by atoms with E-state index in [1.54, 1.807) is 12.1 Å². The summed E-state index contributed by atoms with van der Waals surface area (Å²) in [5.74, 6) is -1.46. The van der Waals surface area contributed by atoms with Gasteiger partial charge in [-0.15, -0.1) is 11.8 Å². The van der Waals surface area contributed by atoms with Crippen molar-refractivity contribution in [1.29, 1.82) is 0 Å². The molecule has 0 radical (unpaired) electrons. The van der Waals surface area contributed by atoms with Gasteiger partial charge in [-0.25, -0.2) is 0 Å². The van der Waals surface area contributed by atoms with Gasteiger partial charge in [0.1, 0.15) is 5.54 Å². The van der Waals surface area contributed by atoms with Crippen LogP contribution in [0, 0.1) is 0 Å². The number of amides is 5. The summed E-state index contributed by atoms with van der Waals surface area (Å²) in [6, 6.07) is 4.79. The number of carbonyl (C=O) groups excluding carboxylic acids is 5.